The molecule has 0 aromatic carbocycles. The van der Waals surface area contributed by atoms with Crippen LogP contribution in [0.3, 0.4) is 0 Å². The van der Waals surface area contributed by atoms with Gasteiger partial charge in [0.1, 0.15) is 11.4 Å². The van der Waals surface area contributed by atoms with Gasteiger partial charge in [0.15, 0.2) is 0 Å². The van der Waals surface area contributed by atoms with Crippen molar-refractivity contribution in [1.29, 1.82) is 0 Å². The Morgan fingerprint density at radius 3 is 2.92 bits per heavy atom. The number of carbonyl (C=O) groups is 2. The summed E-state index contributed by atoms with van der Waals surface area (Å²) in [6.07, 6.45) is 7.23. The summed E-state index contributed by atoms with van der Waals surface area (Å²) in [6, 6.07) is 0. The smallest absolute Gasteiger partial charge is 0.410 e. The van der Waals surface area contributed by atoms with Crippen LogP contribution in [-0.4, -0.2) is 63.6 Å². The number of likely N-dealkylation sites (tertiary alicyclic amines) is 1. The van der Waals surface area contributed by atoms with Crippen LogP contribution in [0.5, 0.6) is 0 Å². The zero-order valence-corrected chi connectivity index (χ0v) is 14.5. The predicted molar refractivity (Wildman–Crippen MR) is 88.5 cm³/mol. The normalized spacial score (nSPS) is 24.3. The molecule has 2 aliphatic rings. The number of hydrogen-bond acceptors (Lipinski definition) is 4. The standard InChI is InChI=1S/C17H26N4O3/c1-3-14-18-8-12-20(14)10-5-15(22)21-9-4-6-17(7-11-21)13-19(2)16(23)24-17/h8,12H,3-7,9-11,13H2,1-2H3/t17-/m0/s1. The van der Waals surface area contributed by atoms with Gasteiger partial charge in [-0.25, -0.2) is 9.78 Å². The fourth-order valence-corrected chi connectivity index (χ4v) is 3.70. The zero-order chi connectivity index (χ0) is 17.2. The molecule has 3 rings (SSSR count). The lowest BCUT2D eigenvalue weighted by Gasteiger charge is -2.25. The molecule has 7 heteroatoms. The molecule has 1 aromatic heterocycles. The highest BCUT2D eigenvalue weighted by Gasteiger charge is 2.44. The minimum Gasteiger partial charge on any atom is -0.441 e. The van der Waals surface area contributed by atoms with Crippen molar-refractivity contribution in [3.05, 3.63) is 18.2 Å². The van der Waals surface area contributed by atoms with Gasteiger partial charge in [0.2, 0.25) is 5.91 Å². The van der Waals surface area contributed by atoms with E-state index in [1.54, 1.807) is 18.1 Å². The van der Waals surface area contributed by atoms with E-state index in [4.69, 9.17) is 4.74 Å². The second kappa shape index (κ2) is 6.83. The van der Waals surface area contributed by atoms with E-state index in [1.165, 1.54) is 0 Å². The molecule has 2 fully saturated rings. The third kappa shape index (κ3) is 3.39. The number of aromatic nitrogens is 2. The van der Waals surface area contributed by atoms with Gasteiger partial charge in [-0.2, -0.15) is 0 Å². The van der Waals surface area contributed by atoms with Gasteiger partial charge in [0, 0.05) is 58.3 Å². The van der Waals surface area contributed by atoms with Gasteiger partial charge in [-0.1, -0.05) is 6.92 Å². The number of carbonyl (C=O) groups excluding carboxylic acids is 2. The first-order valence-electron chi connectivity index (χ1n) is 8.75. The van der Waals surface area contributed by atoms with Crippen LogP contribution in [0.2, 0.25) is 0 Å². The Morgan fingerprint density at radius 1 is 1.38 bits per heavy atom. The summed E-state index contributed by atoms with van der Waals surface area (Å²) in [5.74, 6) is 1.18. The summed E-state index contributed by atoms with van der Waals surface area (Å²) in [7, 11) is 1.77. The molecule has 0 radical (unpaired) electrons. The first-order valence-corrected chi connectivity index (χ1v) is 8.75. The van der Waals surface area contributed by atoms with Crippen LogP contribution < -0.4 is 0 Å². The van der Waals surface area contributed by atoms with Gasteiger partial charge in [-0.05, 0) is 12.8 Å². The Hall–Kier alpha value is -2.05. The van der Waals surface area contributed by atoms with Crippen molar-refractivity contribution in [1.82, 2.24) is 19.4 Å². The molecule has 132 valence electrons. The first kappa shape index (κ1) is 16.8. The Bertz CT molecular complexity index is 615. The lowest BCUT2D eigenvalue weighted by atomic mass is 9.95. The summed E-state index contributed by atoms with van der Waals surface area (Å²) in [5.41, 5.74) is -0.402. The van der Waals surface area contributed by atoms with Crippen molar-refractivity contribution >= 4 is 12.0 Å². The van der Waals surface area contributed by atoms with Gasteiger partial charge >= 0.3 is 6.09 Å². The number of imidazole rings is 1. The van der Waals surface area contributed by atoms with Crippen LogP contribution in [0.25, 0.3) is 0 Å². The molecule has 0 aliphatic carbocycles. The minimum absolute atomic E-state index is 0.167. The predicted octanol–water partition coefficient (Wildman–Crippen LogP) is 1.67. The third-order valence-corrected chi connectivity index (χ3v) is 5.08. The molecule has 2 saturated heterocycles. The van der Waals surface area contributed by atoms with Crippen molar-refractivity contribution in [3.63, 3.8) is 0 Å². The fourth-order valence-electron chi connectivity index (χ4n) is 3.70. The Labute approximate surface area is 142 Å². The van der Waals surface area contributed by atoms with E-state index in [9.17, 15) is 9.59 Å². The van der Waals surface area contributed by atoms with Crippen LogP contribution in [0.15, 0.2) is 12.4 Å². The molecular weight excluding hydrogens is 308 g/mol. The van der Waals surface area contributed by atoms with Crippen molar-refractivity contribution in [2.75, 3.05) is 26.7 Å². The Kier molecular flexibility index (Phi) is 4.78. The Morgan fingerprint density at radius 2 is 2.21 bits per heavy atom. The molecule has 3 heterocycles. The highest BCUT2D eigenvalue weighted by Crippen LogP contribution is 2.32. The number of amides is 2. The molecule has 2 aliphatic heterocycles. The summed E-state index contributed by atoms with van der Waals surface area (Å²) >= 11 is 0. The number of likely N-dealkylation sites (N-methyl/N-ethyl adjacent to an activating group) is 1. The molecule has 24 heavy (non-hydrogen) atoms. The number of rotatable bonds is 4. The topological polar surface area (TPSA) is 67.7 Å². The molecule has 2 amide bonds. The molecule has 0 bridgehead atoms. The lowest BCUT2D eigenvalue weighted by molar-refractivity contribution is -0.131. The first-order chi connectivity index (χ1) is 11.5. The molecule has 7 nitrogen and oxygen atoms in total. The molecule has 0 saturated carbocycles. The minimum atomic E-state index is -0.402. The van der Waals surface area contributed by atoms with Crippen molar-refractivity contribution in [3.8, 4) is 0 Å². The van der Waals surface area contributed by atoms with E-state index in [1.807, 2.05) is 15.7 Å². The molecule has 1 aromatic rings. The molecular formula is C17H26N4O3. The molecule has 1 atom stereocenters. The number of nitrogens with zero attached hydrogens (tertiary/aromatic N) is 4. The summed E-state index contributed by atoms with van der Waals surface area (Å²) in [6.45, 7) is 4.76. The quantitative estimate of drug-likeness (QED) is 0.840. The van der Waals surface area contributed by atoms with Gasteiger partial charge in [0.05, 0.1) is 6.54 Å². The highest BCUT2D eigenvalue weighted by molar-refractivity contribution is 5.76. The average molecular weight is 334 g/mol. The molecule has 1 spiro atoms. The fraction of sp³-hybridized carbons (Fsp3) is 0.706. The van der Waals surface area contributed by atoms with Crippen LogP contribution in [-0.2, 0) is 22.5 Å². The van der Waals surface area contributed by atoms with Crippen molar-refractivity contribution < 1.29 is 14.3 Å². The van der Waals surface area contributed by atoms with Gasteiger partial charge < -0.3 is 19.1 Å². The van der Waals surface area contributed by atoms with E-state index < -0.39 is 5.60 Å². The van der Waals surface area contributed by atoms with Gasteiger partial charge in [-0.3, -0.25) is 4.79 Å². The van der Waals surface area contributed by atoms with Crippen molar-refractivity contribution in [2.45, 2.75) is 51.2 Å². The maximum Gasteiger partial charge on any atom is 0.410 e. The zero-order valence-electron chi connectivity index (χ0n) is 14.5. The van der Waals surface area contributed by atoms with E-state index in [0.717, 1.165) is 38.1 Å². The maximum atomic E-state index is 12.6. The van der Waals surface area contributed by atoms with Crippen LogP contribution in [0, 0.1) is 0 Å². The van der Waals surface area contributed by atoms with Crippen LogP contribution in [0.4, 0.5) is 4.79 Å². The number of aryl methyl sites for hydroxylation is 2. The van der Waals surface area contributed by atoms with E-state index in [0.29, 0.717) is 26.1 Å². The molecule has 0 N–H and O–H groups in total. The SMILES string of the molecule is CCc1nccn1CCC(=O)N1CCC[C@]2(CC1)CN(C)C(=O)O2. The van der Waals surface area contributed by atoms with Crippen LogP contribution in [0.1, 0.15) is 38.4 Å². The summed E-state index contributed by atoms with van der Waals surface area (Å²) in [4.78, 5) is 32.1. The second-order valence-electron chi connectivity index (χ2n) is 6.78. The third-order valence-electron chi connectivity index (χ3n) is 5.08. The Balaban J connectivity index is 1.54. The number of ether oxygens (including phenoxy) is 1. The van der Waals surface area contributed by atoms with Gasteiger partial charge in [0.25, 0.3) is 0 Å². The van der Waals surface area contributed by atoms with E-state index >= 15 is 0 Å². The monoisotopic (exact) mass is 334 g/mol. The maximum absolute atomic E-state index is 12.6. The second-order valence-corrected chi connectivity index (χ2v) is 6.78. The average Bonchev–Trinajstić information content (AvgIpc) is 3.06. The largest absolute Gasteiger partial charge is 0.441 e. The molecule has 0 unspecified atom stereocenters. The lowest BCUT2D eigenvalue weighted by Crippen LogP contribution is -2.37. The highest BCUT2D eigenvalue weighted by atomic mass is 16.6. The van der Waals surface area contributed by atoms with Crippen molar-refractivity contribution in [2.24, 2.45) is 0 Å². The van der Waals surface area contributed by atoms with E-state index in [2.05, 4.69) is 11.9 Å². The number of hydrogen-bond donors (Lipinski definition) is 0. The summed E-state index contributed by atoms with van der Waals surface area (Å²) in [5, 5.41) is 0. The van der Waals surface area contributed by atoms with Crippen LogP contribution >= 0.6 is 0 Å². The van der Waals surface area contributed by atoms with E-state index in [-0.39, 0.29) is 12.0 Å². The summed E-state index contributed by atoms with van der Waals surface area (Å²) < 4.78 is 7.64. The van der Waals surface area contributed by atoms with Gasteiger partial charge in [-0.15, -0.1) is 0 Å².